The van der Waals surface area contributed by atoms with Crippen LogP contribution in [0.4, 0.5) is 0 Å². The van der Waals surface area contributed by atoms with E-state index in [1.165, 1.54) is 0 Å². The van der Waals surface area contributed by atoms with Crippen molar-refractivity contribution in [2.75, 3.05) is 13.1 Å². The minimum atomic E-state index is -0.226. The molecule has 0 radical (unpaired) electrons. The monoisotopic (exact) mass is 225 g/mol. The van der Waals surface area contributed by atoms with Crippen molar-refractivity contribution in [3.05, 3.63) is 0 Å². The predicted octanol–water partition coefficient (Wildman–Crippen LogP) is 0.953. The topological polar surface area (TPSA) is 91.5 Å². The summed E-state index contributed by atoms with van der Waals surface area (Å²) in [7, 11) is 0. The Morgan fingerprint density at radius 1 is 1.25 bits per heavy atom. The third-order valence-electron chi connectivity index (χ3n) is 3.28. The second kappa shape index (κ2) is 4.72. The second-order valence-corrected chi connectivity index (χ2v) is 5.48. The maximum absolute atomic E-state index is 7.07. The molecule has 0 saturated carbocycles. The van der Waals surface area contributed by atoms with Crippen molar-refractivity contribution in [3.63, 3.8) is 0 Å². The van der Waals surface area contributed by atoms with E-state index in [-0.39, 0.29) is 5.96 Å². The van der Waals surface area contributed by atoms with Crippen LogP contribution in [0.25, 0.3) is 0 Å². The average molecular weight is 225 g/mol. The second-order valence-electron chi connectivity index (χ2n) is 5.48. The van der Waals surface area contributed by atoms with Gasteiger partial charge in [0.05, 0.1) is 0 Å². The van der Waals surface area contributed by atoms with Crippen LogP contribution in [0.1, 0.15) is 33.6 Å². The Morgan fingerprint density at radius 2 is 1.75 bits per heavy atom. The molecule has 1 fully saturated rings. The molecule has 0 aliphatic carbocycles. The van der Waals surface area contributed by atoms with Gasteiger partial charge in [-0.25, -0.2) is 0 Å². The van der Waals surface area contributed by atoms with E-state index in [1.54, 1.807) is 0 Å². The van der Waals surface area contributed by atoms with Crippen LogP contribution in [-0.4, -0.2) is 29.9 Å². The standard InChI is InChI=1S/C11H23N5/c1-11(2,3)8-4-6-16(7-5-8)10(14)15-9(12)13/h8H,4-7H2,1-3H3,(H5,12,13,14,15). The first kappa shape index (κ1) is 12.8. The lowest BCUT2D eigenvalue weighted by Gasteiger charge is -2.39. The number of aliphatic imine (C=N–C) groups is 1. The maximum Gasteiger partial charge on any atom is 0.215 e. The molecule has 0 aromatic carbocycles. The van der Waals surface area contributed by atoms with Crippen LogP contribution in [0.3, 0.4) is 0 Å². The summed E-state index contributed by atoms with van der Waals surface area (Å²) in [6.07, 6.45) is 2.25. The molecule has 1 saturated heterocycles. The van der Waals surface area contributed by atoms with E-state index >= 15 is 0 Å². The van der Waals surface area contributed by atoms with Crippen LogP contribution in [0.2, 0.25) is 0 Å². The summed E-state index contributed by atoms with van der Waals surface area (Å²) in [5, 5.41) is 7.07. The third kappa shape index (κ3) is 3.40. The fraction of sp³-hybridized carbons (Fsp3) is 0.818. The number of hydrogen-bond acceptors (Lipinski definition) is 1. The maximum atomic E-state index is 7.07. The molecule has 0 aromatic rings. The Kier molecular flexibility index (Phi) is 3.78. The third-order valence-corrected chi connectivity index (χ3v) is 3.28. The highest BCUT2D eigenvalue weighted by Crippen LogP contribution is 2.34. The Balaban J connectivity index is 2.52. The fourth-order valence-electron chi connectivity index (χ4n) is 2.17. The number of likely N-dealkylation sites (tertiary alicyclic amines) is 1. The Morgan fingerprint density at radius 3 is 2.12 bits per heavy atom. The number of nitrogens with two attached hydrogens (primary N) is 2. The van der Waals surface area contributed by atoms with E-state index in [2.05, 4.69) is 25.8 Å². The van der Waals surface area contributed by atoms with Crippen LogP contribution in [0, 0.1) is 16.7 Å². The summed E-state index contributed by atoms with van der Waals surface area (Å²) < 4.78 is 0. The summed E-state index contributed by atoms with van der Waals surface area (Å²) >= 11 is 0. The summed E-state index contributed by atoms with van der Waals surface area (Å²) in [5.41, 5.74) is 11.3. The molecule has 0 atom stereocenters. The largest absolute Gasteiger partial charge is 0.369 e. The minimum absolute atomic E-state index is 0.226. The van der Waals surface area contributed by atoms with E-state index in [0.717, 1.165) is 31.8 Å². The first-order chi connectivity index (χ1) is 7.30. The first-order valence-electron chi connectivity index (χ1n) is 5.74. The van der Waals surface area contributed by atoms with Crippen LogP contribution in [0.5, 0.6) is 0 Å². The highest BCUT2D eigenvalue weighted by molar-refractivity contribution is 5.91. The van der Waals surface area contributed by atoms with Crippen molar-refractivity contribution in [1.29, 1.82) is 5.41 Å². The Bertz CT molecular complexity index is 281. The SMILES string of the molecule is CC(C)(C)C1CCN(/C(N)=N/C(=N)N)CC1. The van der Waals surface area contributed by atoms with Gasteiger partial charge in [-0.15, -0.1) is 0 Å². The van der Waals surface area contributed by atoms with Crippen LogP contribution >= 0.6 is 0 Å². The first-order valence-corrected chi connectivity index (χ1v) is 5.74. The van der Waals surface area contributed by atoms with E-state index in [4.69, 9.17) is 16.9 Å². The van der Waals surface area contributed by atoms with Crippen molar-refractivity contribution in [2.45, 2.75) is 33.6 Å². The van der Waals surface area contributed by atoms with Gasteiger partial charge in [0.2, 0.25) is 5.96 Å². The van der Waals surface area contributed by atoms with E-state index < -0.39 is 0 Å². The zero-order valence-corrected chi connectivity index (χ0v) is 10.5. The lowest BCUT2D eigenvalue weighted by molar-refractivity contribution is 0.148. The smallest absolute Gasteiger partial charge is 0.215 e. The Hall–Kier alpha value is -1.26. The highest BCUT2D eigenvalue weighted by Gasteiger charge is 2.29. The summed E-state index contributed by atoms with van der Waals surface area (Å²) in [6, 6.07) is 0. The molecule has 16 heavy (non-hydrogen) atoms. The van der Waals surface area contributed by atoms with Gasteiger partial charge in [-0.2, -0.15) is 4.99 Å². The van der Waals surface area contributed by atoms with Crippen molar-refractivity contribution >= 4 is 11.9 Å². The summed E-state index contributed by atoms with van der Waals surface area (Å²) in [5.74, 6) is 0.879. The number of nitrogens with zero attached hydrogens (tertiary/aromatic N) is 2. The quantitative estimate of drug-likeness (QED) is 0.423. The van der Waals surface area contributed by atoms with E-state index in [9.17, 15) is 0 Å². The molecule has 0 amide bonds. The Labute approximate surface area is 97.4 Å². The van der Waals surface area contributed by atoms with Gasteiger partial charge < -0.3 is 16.4 Å². The molecule has 0 spiro atoms. The van der Waals surface area contributed by atoms with Gasteiger partial charge in [-0.05, 0) is 24.2 Å². The molecule has 5 nitrogen and oxygen atoms in total. The minimum Gasteiger partial charge on any atom is -0.369 e. The van der Waals surface area contributed by atoms with Gasteiger partial charge >= 0.3 is 0 Å². The van der Waals surface area contributed by atoms with Crippen molar-refractivity contribution in [2.24, 2.45) is 27.8 Å². The number of piperidine rings is 1. The van der Waals surface area contributed by atoms with Gasteiger partial charge in [0, 0.05) is 13.1 Å². The average Bonchev–Trinajstić information content (AvgIpc) is 2.15. The number of rotatable bonds is 0. The lowest BCUT2D eigenvalue weighted by Crippen LogP contribution is -2.45. The summed E-state index contributed by atoms with van der Waals surface area (Å²) in [4.78, 5) is 5.77. The van der Waals surface area contributed by atoms with E-state index in [1.807, 2.05) is 4.90 Å². The molecule has 1 heterocycles. The molecular weight excluding hydrogens is 202 g/mol. The van der Waals surface area contributed by atoms with Crippen LogP contribution in [-0.2, 0) is 0 Å². The molecule has 0 bridgehead atoms. The zero-order valence-electron chi connectivity index (χ0n) is 10.5. The molecule has 5 N–H and O–H groups in total. The summed E-state index contributed by atoms with van der Waals surface area (Å²) in [6.45, 7) is 8.65. The van der Waals surface area contributed by atoms with Gasteiger partial charge in [0.25, 0.3) is 0 Å². The molecule has 0 aromatic heterocycles. The fourth-order valence-corrected chi connectivity index (χ4v) is 2.17. The van der Waals surface area contributed by atoms with Crippen LogP contribution < -0.4 is 11.5 Å². The zero-order chi connectivity index (χ0) is 12.3. The number of hydrogen-bond donors (Lipinski definition) is 3. The molecular formula is C11H23N5. The molecule has 1 aliphatic rings. The van der Waals surface area contributed by atoms with Crippen molar-refractivity contribution in [1.82, 2.24) is 4.90 Å². The molecule has 0 unspecified atom stereocenters. The molecule has 92 valence electrons. The molecule has 1 rings (SSSR count). The lowest BCUT2D eigenvalue weighted by atomic mass is 9.75. The van der Waals surface area contributed by atoms with E-state index in [0.29, 0.717) is 11.4 Å². The highest BCUT2D eigenvalue weighted by atomic mass is 15.3. The van der Waals surface area contributed by atoms with Gasteiger partial charge in [-0.1, -0.05) is 20.8 Å². The normalized spacial score (nSPS) is 19.9. The van der Waals surface area contributed by atoms with Crippen molar-refractivity contribution in [3.8, 4) is 0 Å². The predicted molar refractivity (Wildman–Crippen MR) is 67.3 cm³/mol. The van der Waals surface area contributed by atoms with Gasteiger partial charge in [0.1, 0.15) is 0 Å². The van der Waals surface area contributed by atoms with Gasteiger partial charge in [-0.3, -0.25) is 5.41 Å². The van der Waals surface area contributed by atoms with Gasteiger partial charge in [0.15, 0.2) is 5.96 Å². The number of nitrogens with one attached hydrogen (secondary N) is 1. The van der Waals surface area contributed by atoms with Crippen LogP contribution in [0.15, 0.2) is 4.99 Å². The number of guanidine groups is 2. The van der Waals surface area contributed by atoms with Crippen molar-refractivity contribution < 1.29 is 0 Å². The molecule has 5 heteroatoms. The molecule has 1 aliphatic heterocycles.